The average molecular weight is 263 g/mol. The molecule has 0 bridgehead atoms. The summed E-state index contributed by atoms with van der Waals surface area (Å²) >= 11 is 1.30. The Morgan fingerprint density at radius 1 is 1.44 bits per heavy atom. The highest BCUT2D eigenvalue weighted by atomic mass is 32.1. The maximum Gasteiger partial charge on any atom is 0.253 e. The van der Waals surface area contributed by atoms with Crippen LogP contribution in [0.5, 0.6) is 0 Å². The Morgan fingerprint density at radius 3 is 2.78 bits per heavy atom. The molecule has 0 unspecified atom stereocenters. The molecule has 0 aliphatic heterocycles. The number of pyridine rings is 1. The minimum Gasteiger partial charge on any atom is -0.365 e. The number of carbonyl (C=O) groups excluding carboxylic acids is 2. The zero-order valence-corrected chi connectivity index (χ0v) is 10.9. The third kappa shape index (κ3) is 2.19. The Balaban J connectivity index is 2.53. The lowest BCUT2D eigenvalue weighted by Crippen LogP contribution is -2.20. The van der Waals surface area contributed by atoms with Gasteiger partial charge in [0.15, 0.2) is 0 Å². The Bertz CT molecular complexity index is 619. The third-order valence-corrected chi connectivity index (χ3v) is 3.51. The van der Waals surface area contributed by atoms with E-state index < -0.39 is 5.91 Å². The first-order valence-electron chi connectivity index (χ1n) is 5.49. The summed E-state index contributed by atoms with van der Waals surface area (Å²) in [6.45, 7) is 3.57. The molecule has 3 N–H and O–H groups in total. The van der Waals surface area contributed by atoms with Gasteiger partial charge in [0.2, 0.25) is 5.91 Å². The smallest absolute Gasteiger partial charge is 0.253 e. The molecule has 0 fully saturated rings. The molecule has 0 radical (unpaired) electrons. The number of fused-ring (bicyclic) bond motifs is 1. The molecular weight excluding hydrogens is 250 g/mol. The highest BCUT2D eigenvalue weighted by Crippen LogP contribution is 2.34. The van der Waals surface area contributed by atoms with Crippen LogP contribution in [0, 0.1) is 5.92 Å². The highest BCUT2D eigenvalue weighted by Gasteiger charge is 2.20. The van der Waals surface area contributed by atoms with E-state index in [-0.39, 0.29) is 17.4 Å². The fourth-order valence-electron chi connectivity index (χ4n) is 1.50. The molecule has 0 saturated carbocycles. The van der Waals surface area contributed by atoms with Crippen LogP contribution in [0.3, 0.4) is 0 Å². The van der Waals surface area contributed by atoms with Gasteiger partial charge in [-0.3, -0.25) is 14.6 Å². The fourth-order valence-corrected chi connectivity index (χ4v) is 2.57. The predicted molar refractivity (Wildman–Crippen MR) is 71.6 cm³/mol. The Kier molecular flexibility index (Phi) is 3.29. The van der Waals surface area contributed by atoms with Gasteiger partial charge < -0.3 is 11.1 Å². The predicted octanol–water partition coefficient (Wildman–Crippen LogP) is 1.99. The van der Waals surface area contributed by atoms with E-state index in [1.165, 1.54) is 11.3 Å². The zero-order chi connectivity index (χ0) is 13.3. The normalized spacial score (nSPS) is 10.8. The van der Waals surface area contributed by atoms with Gasteiger partial charge in [-0.15, -0.1) is 11.3 Å². The van der Waals surface area contributed by atoms with Crippen LogP contribution >= 0.6 is 11.3 Å². The quantitative estimate of drug-likeness (QED) is 0.888. The molecule has 2 rings (SSSR count). The first-order valence-corrected chi connectivity index (χ1v) is 6.30. The van der Waals surface area contributed by atoms with E-state index in [4.69, 9.17) is 5.73 Å². The number of nitrogens with two attached hydrogens (primary N) is 1. The molecule has 2 aromatic rings. The van der Waals surface area contributed by atoms with Crippen molar-refractivity contribution in [3.05, 3.63) is 23.9 Å². The standard InChI is InChI=1S/C12H13N3O2S/c1-6(2)11(17)15-12-8(10(13)16)9-7(18-12)4-3-5-14-9/h3-6H,1-2H3,(H2,13,16)(H,15,17). The van der Waals surface area contributed by atoms with Gasteiger partial charge in [0.25, 0.3) is 5.91 Å². The van der Waals surface area contributed by atoms with Gasteiger partial charge in [-0.05, 0) is 12.1 Å². The number of nitrogens with one attached hydrogen (secondary N) is 1. The van der Waals surface area contributed by atoms with Crippen LogP contribution in [-0.4, -0.2) is 16.8 Å². The van der Waals surface area contributed by atoms with E-state index in [1.807, 2.05) is 6.07 Å². The Labute approximate surface area is 108 Å². The van der Waals surface area contributed by atoms with Gasteiger partial charge in [-0.2, -0.15) is 0 Å². The number of hydrogen-bond donors (Lipinski definition) is 2. The third-order valence-electron chi connectivity index (χ3n) is 2.45. The van der Waals surface area contributed by atoms with Crippen LogP contribution in [-0.2, 0) is 4.79 Å². The van der Waals surface area contributed by atoms with Crippen LogP contribution in [0.25, 0.3) is 10.2 Å². The molecule has 5 nitrogen and oxygen atoms in total. The number of amides is 2. The van der Waals surface area contributed by atoms with Crippen LogP contribution in [0.2, 0.25) is 0 Å². The maximum atomic E-state index is 11.7. The maximum absolute atomic E-state index is 11.7. The molecule has 0 atom stereocenters. The largest absolute Gasteiger partial charge is 0.365 e. The number of thiophene rings is 1. The number of anilines is 1. The Morgan fingerprint density at radius 2 is 2.17 bits per heavy atom. The number of aromatic nitrogens is 1. The molecule has 0 aromatic carbocycles. The van der Waals surface area contributed by atoms with Crippen LogP contribution < -0.4 is 11.1 Å². The molecule has 2 amide bonds. The lowest BCUT2D eigenvalue weighted by Gasteiger charge is -2.06. The van der Waals surface area contributed by atoms with Crippen molar-refractivity contribution >= 4 is 38.4 Å². The fraction of sp³-hybridized carbons (Fsp3) is 0.250. The minimum atomic E-state index is -0.584. The zero-order valence-electron chi connectivity index (χ0n) is 10.1. The number of nitrogens with zero attached hydrogens (tertiary/aromatic N) is 1. The average Bonchev–Trinajstić information content (AvgIpc) is 2.66. The molecule has 18 heavy (non-hydrogen) atoms. The van der Waals surface area contributed by atoms with E-state index in [1.54, 1.807) is 26.1 Å². The SMILES string of the molecule is CC(C)C(=O)Nc1sc2cccnc2c1C(N)=O. The molecule has 6 heteroatoms. The van der Waals surface area contributed by atoms with Crippen molar-refractivity contribution in [3.8, 4) is 0 Å². The molecule has 94 valence electrons. The molecule has 2 aromatic heterocycles. The van der Waals surface area contributed by atoms with E-state index in [9.17, 15) is 9.59 Å². The van der Waals surface area contributed by atoms with Gasteiger partial charge >= 0.3 is 0 Å². The lowest BCUT2D eigenvalue weighted by molar-refractivity contribution is -0.118. The summed E-state index contributed by atoms with van der Waals surface area (Å²) in [6, 6.07) is 3.61. The van der Waals surface area contributed by atoms with Gasteiger partial charge in [0.1, 0.15) is 10.6 Å². The van der Waals surface area contributed by atoms with Crippen molar-refractivity contribution < 1.29 is 9.59 Å². The van der Waals surface area contributed by atoms with Crippen LogP contribution in [0.4, 0.5) is 5.00 Å². The molecule has 0 saturated heterocycles. The second kappa shape index (κ2) is 4.73. The highest BCUT2D eigenvalue weighted by molar-refractivity contribution is 7.23. The first-order chi connectivity index (χ1) is 8.50. The number of primary amides is 1. The molecule has 2 heterocycles. The van der Waals surface area contributed by atoms with Gasteiger partial charge in [0, 0.05) is 12.1 Å². The monoisotopic (exact) mass is 263 g/mol. The summed E-state index contributed by atoms with van der Waals surface area (Å²) in [6.07, 6.45) is 1.59. The van der Waals surface area contributed by atoms with Crippen LogP contribution in [0.1, 0.15) is 24.2 Å². The number of rotatable bonds is 3. The summed E-state index contributed by atoms with van der Waals surface area (Å²) in [7, 11) is 0. The molecular formula is C12H13N3O2S. The minimum absolute atomic E-state index is 0.149. The summed E-state index contributed by atoms with van der Waals surface area (Å²) in [5.41, 5.74) is 6.17. The lowest BCUT2D eigenvalue weighted by atomic mass is 10.2. The van der Waals surface area contributed by atoms with E-state index in [2.05, 4.69) is 10.3 Å². The second-order valence-corrected chi connectivity index (χ2v) is 5.22. The molecule has 0 aliphatic carbocycles. The van der Waals surface area contributed by atoms with E-state index in [0.717, 1.165) is 4.70 Å². The Hall–Kier alpha value is -1.95. The second-order valence-electron chi connectivity index (χ2n) is 4.16. The summed E-state index contributed by atoms with van der Waals surface area (Å²) in [4.78, 5) is 27.3. The van der Waals surface area contributed by atoms with Crippen molar-refractivity contribution in [1.29, 1.82) is 0 Å². The van der Waals surface area contributed by atoms with E-state index >= 15 is 0 Å². The van der Waals surface area contributed by atoms with Crippen molar-refractivity contribution in [2.24, 2.45) is 11.7 Å². The molecule has 0 spiro atoms. The van der Waals surface area contributed by atoms with E-state index in [0.29, 0.717) is 10.5 Å². The van der Waals surface area contributed by atoms with Crippen molar-refractivity contribution in [3.63, 3.8) is 0 Å². The van der Waals surface area contributed by atoms with Crippen LogP contribution in [0.15, 0.2) is 18.3 Å². The van der Waals surface area contributed by atoms with Gasteiger partial charge in [-0.1, -0.05) is 13.8 Å². The molecule has 0 aliphatic rings. The van der Waals surface area contributed by atoms with Crippen molar-refractivity contribution in [2.45, 2.75) is 13.8 Å². The summed E-state index contributed by atoms with van der Waals surface area (Å²) in [5, 5.41) is 3.19. The summed E-state index contributed by atoms with van der Waals surface area (Å²) < 4.78 is 0.824. The number of carbonyl (C=O) groups is 2. The van der Waals surface area contributed by atoms with Gasteiger partial charge in [0.05, 0.1) is 10.2 Å². The van der Waals surface area contributed by atoms with Crippen molar-refractivity contribution in [2.75, 3.05) is 5.32 Å². The van der Waals surface area contributed by atoms with Crippen molar-refractivity contribution in [1.82, 2.24) is 4.98 Å². The topological polar surface area (TPSA) is 85.1 Å². The number of hydrogen-bond acceptors (Lipinski definition) is 4. The summed E-state index contributed by atoms with van der Waals surface area (Å²) in [5.74, 6) is -0.896. The van der Waals surface area contributed by atoms with Gasteiger partial charge in [-0.25, -0.2) is 0 Å². The first kappa shape index (κ1) is 12.5.